The SMILES string of the molecule is O=C1c2ccccc2C(=O)C1C(=O)C(c1ccccc1)c1ccccc1.O=C1c2ccccc2C(=O)C1c1ccc(Cl)cc1. The number of hydrogen-bond donors (Lipinski definition) is 0. The minimum Gasteiger partial charge on any atom is -0.297 e. The monoisotopic (exact) mass is 596 g/mol. The summed E-state index contributed by atoms with van der Waals surface area (Å²) in [5, 5.41) is 0.592. The number of halogens is 1. The molecule has 214 valence electrons. The molecular weight excluding hydrogens is 572 g/mol. The van der Waals surface area contributed by atoms with Crippen LogP contribution < -0.4 is 0 Å². The molecule has 0 atom stereocenters. The minimum absolute atomic E-state index is 0.127. The number of hydrogen-bond acceptors (Lipinski definition) is 5. The van der Waals surface area contributed by atoms with Gasteiger partial charge in [-0.2, -0.15) is 0 Å². The maximum absolute atomic E-state index is 13.4. The van der Waals surface area contributed by atoms with E-state index in [4.69, 9.17) is 11.6 Å². The molecule has 5 aromatic rings. The molecule has 0 radical (unpaired) electrons. The fourth-order valence-corrected chi connectivity index (χ4v) is 6.01. The lowest BCUT2D eigenvalue weighted by Crippen LogP contribution is -2.31. The highest BCUT2D eigenvalue weighted by atomic mass is 35.5. The highest BCUT2D eigenvalue weighted by Gasteiger charge is 2.46. The predicted molar refractivity (Wildman–Crippen MR) is 168 cm³/mol. The number of rotatable bonds is 5. The van der Waals surface area contributed by atoms with E-state index in [0.717, 1.165) is 11.1 Å². The van der Waals surface area contributed by atoms with Crippen LogP contribution in [-0.2, 0) is 4.79 Å². The van der Waals surface area contributed by atoms with E-state index in [1.165, 1.54) is 0 Å². The number of carbonyl (C=O) groups is 5. The smallest absolute Gasteiger partial charge is 0.181 e. The molecular formula is C38H25ClO5. The van der Waals surface area contributed by atoms with Gasteiger partial charge in [-0.05, 0) is 28.8 Å². The molecule has 0 amide bonds. The molecule has 0 aliphatic heterocycles. The number of Topliss-reactive ketones (excluding diaryl/α,β-unsaturated/α-hetero) is 5. The molecule has 0 aromatic heterocycles. The lowest BCUT2D eigenvalue weighted by molar-refractivity contribution is -0.120. The van der Waals surface area contributed by atoms with Gasteiger partial charge in [0.25, 0.3) is 0 Å². The van der Waals surface area contributed by atoms with Crippen molar-refractivity contribution in [2.45, 2.75) is 11.8 Å². The normalized spacial score (nSPS) is 14.3. The molecule has 2 aliphatic carbocycles. The largest absolute Gasteiger partial charge is 0.297 e. The zero-order valence-corrected chi connectivity index (χ0v) is 24.1. The van der Waals surface area contributed by atoms with Crippen molar-refractivity contribution in [2.75, 3.05) is 0 Å². The second-order valence-electron chi connectivity index (χ2n) is 10.6. The first-order chi connectivity index (χ1) is 21.4. The molecule has 2 aliphatic rings. The van der Waals surface area contributed by atoms with E-state index < -0.39 is 29.3 Å². The van der Waals surface area contributed by atoms with E-state index in [1.54, 1.807) is 72.8 Å². The highest BCUT2D eigenvalue weighted by Crippen LogP contribution is 2.36. The highest BCUT2D eigenvalue weighted by molar-refractivity contribution is 6.36. The summed E-state index contributed by atoms with van der Waals surface area (Å²) in [7, 11) is 0. The van der Waals surface area contributed by atoms with Crippen LogP contribution in [0.25, 0.3) is 0 Å². The third kappa shape index (κ3) is 5.23. The van der Waals surface area contributed by atoms with Crippen molar-refractivity contribution in [1.29, 1.82) is 0 Å². The van der Waals surface area contributed by atoms with Gasteiger partial charge in [0.15, 0.2) is 28.9 Å². The summed E-state index contributed by atoms with van der Waals surface area (Å²) in [5.74, 6) is -4.04. The quantitative estimate of drug-likeness (QED) is 0.195. The Kier molecular flexibility index (Phi) is 7.97. The van der Waals surface area contributed by atoms with Gasteiger partial charge in [-0.25, -0.2) is 0 Å². The van der Waals surface area contributed by atoms with Crippen molar-refractivity contribution in [3.63, 3.8) is 0 Å². The zero-order chi connectivity index (χ0) is 30.8. The van der Waals surface area contributed by atoms with Gasteiger partial charge in [0.2, 0.25) is 0 Å². The number of ketones is 5. The van der Waals surface area contributed by atoms with Gasteiger partial charge in [-0.3, -0.25) is 24.0 Å². The second kappa shape index (κ2) is 12.2. The summed E-state index contributed by atoms with van der Waals surface area (Å²) < 4.78 is 0. The van der Waals surface area contributed by atoms with Gasteiger partial charge in [-0.15, -0.1) is 0 Å². The Morgan fingerprint density at radius 2 is 0.841 bits per heavy atom. The summed E-state index contributed by atoms with van der Waals surface area (Å²) in [4.78, 5) is 63.4. The van der Waals surface area contributed by atoms with E-state index in [-0.39, 0.29) is 17.3 Å². The van der Waals surface area contributed by atoms with Gasteiger partial charge in [0.05, 0.1) is 5.92 Å². The maximum Gasteiger partial charge on any atom is 0.181 e. The Labute approximate surface area is 259 Å². The zero-order valence-electron chi connectivity index (χ0n) is 23.4. The van der Waals surface area contributed by atoms with Gasteiger partial charge in [-0.1, -0.05) is 133 Å². The lowest BCUT2D eigenvalue weighted by Gasteiger charge is -2.19. The van der Waals surface area contributed by atoms with Gasteiger partial charge < -0.3 is 0 Å². The molecule has 7 rings (SSSR count). The van der Waals surface area contributed by atoms with E-state index in [9.17, 15) is 24.0 Å². The number of fused-ring (bicyclic) bond motifs is 2. The molecule has 0 N–H and O–H groups in total. The predicted octanol–water partition coefficient (Wildman–Crippen LogP) is 7.59. The van der Waals surface area contributed by atoms with E-state index in [1.807, 2.05) is 60.7 Å². The van der Waals surface area contributed by atoms with Crippen LogP contribution in [0.15, 0.2) is 133 Å². The maximum atomic E-state index is 13.4. The van der Waals surface area contributed by atoms with Crippen molar-refractivity contribution in [3.8, 4) is 0 Å². The molecule has 6 heteroatoms. The first-order valence-electron chi connectivity index (χ1n) is 14.1. The molecule has 0 bridgehead atoms. The van der Waals surface area contributed by atoms with Crippen LogP contribution in [0.2, 0.25) is 5.02 Å². The first kappa shape index (κ1) is 28.8. The Balaban J connectivity index is 0.000000167. The third-order valence-electron chi connectivity index (χ3n) is 8.00. The standard InChI is InChI=1S/C23H16O3.C15H9ClO2/c24-21-17-13-7-8-14-18(17)22(25)20(21)23(26)19(15-9-3-1-4-10-15)16-11-5-2-6-12-16;16-10-7-5-9(6-8-10)13-14(17)11-3-1-2-4-12(11)15(13)18/h1-14,19-20H;1-8,13H. The topological polar surface area (TPSA) is 85.3 Å². The van der Waals surface area contributed by atoms with Crippen LogP contribution in [0.4, 0.5) is 0 Å². The van der Waals surface area contributed by atoms with Gasteiger partial charge in [0.1, 0.15) is 11.8 Å². The summed E-state index contributed by atoms with van der Waals surface area (Å²) in [6.07, 6.45) is 0. The van der Waals surface area contributed by atoms with Crippen LogP contribution >= 0.6 is 11.6 Å². The summed E-state index contributed by atoms with van der Waals surface area (Å²) in [5.41, 5.74) is 3.97. The van der Waals surface area contributed by atoms with Crippen LogP contribution in [0.3, 0.4) is 0 Å². The van der Waals surface area contributed by atoms with Gasteiger partial charge >= 0.3 is 0 Å². The molecule has 5 aromatic carbocycles. The van der Waals surface area contributed by atoms with E-state index in [2.05, 4.69) is 0 Å². The second-order valence-corrected chi connectivity index (χ2v) is 11.1. The Morgan fingerprint density at radius 1 is 0.477 bits per heavy atom. The number of carbonyl (C=O) groups excluding carboxylic acids is 5. The number of benzene rings is 5. The van der Waals surface area contributed by atoms with E-state index in [0.29, 0.717) is 32.8 Å². The first-order valence-corrected chi connectivity index (χ1v) is 14.5. The minimum atomic E-state index is -1.27. The van der Waals surface area contributed by atoms with Crippen LogP contribution in [0.1, 0.15) is 70.0 Å². The molecule has 5 nitrogen and oxygen atoms in total. The fraction of sp³-hybridized carbons (Fsp3) is 0.0789. The molecule has 0 heterocycles. The van der Waals surface area contributed by atoms with Crippen LogP contribution in [-0.4, -0.2) is 28.9 Å². The van der Waals surface area contributed by atoms with Crippen LogP contribution in [0, 0.1) is 5.92 Å². The van der Waals surface area contributed by atoms with Crippen molar-refractivity contribution < 1.29 is 24.0 Å². The molecule has 0 fully saturated rings. The lowest BCUT2D eigenvalue weighted by atomic mass is 9.80. The molecule has 0 unspecified atom stereocenters. The molecule has 44 heavy (non-hydrogen) atoms. The average Bonchev–Trinajstić information content (AvgIpc) is 3.47. The Bertz CT molecular complexity index is 1800. The van der Waals surface area contributed by atoms with Crippen LogP contribution in [0.5, 0.6) is 0 Å². The molecule has 0 saturated heterocycles. The Hall–Kier alpha value is -5.26. The van der Waals surface area contributed by atoms with Crippen molar-refractivity contribution in [2.24, 2.45) is 5.92 Å². The van der Waals surface area contributed by atoms with E-state index >= 15 is 0 Å². The van der Waals surface area contributed by atoms with Crippen molar-refractivity contribution in [1.82, 2.24) is 0 Å². The van der Waals surface area contributed by atoms with Crippen molar-refractivity contribution in [3.05, 3.63) is 177 Å². The average molecular weight is 597 g/mol. The third-order valence-corrected chi connectivity index (χ3v) is 8.25. The molecule has 0 spiro atoms. The van der Waals surface area contributed by atoms with Gasteiger partial charge in [0, 0.05) is 27.3 Å². The summed E-state index contributed by atoms with van der Waals surface area (Å²) in [6, 6.07) is 39.0. The fourth-order valence-electron chi connectivity index (χ4n) is 5.88. The summed E-state index contributed by atoms with van der Waals surface area (Å²) in [6.45, 7) is 0. The van der Waals surface area contributed by atoms with Crippen molar-refractivity contribution >= 4 is 40.5 Å². The molecule has 0 saturated carbocycles. The summed E-state index contributed by atoms with van der Waals surface area (Å²) >= 11 is 5.81. The Morgan fingerprint density at radius 3 is 1.25 bits per heavy atom.